The monoisotopic (exact) mass is 195 g/mol. The third-order valence-corrected chi connectivity index (χ3v) is 2.26. The van der Waals surface area contributed by atoms with Crippen molar-refractivity contribution in [3.05, 3.63) is 22.7 Å². The van der Waals surface area contributed by atoms with E-state index in [9.17, 15) is 4.79 Å². The van der Waals surface area contributed by atoms with Gasteiger partial charge < -0.3 is 14.6 Å². The van der Waals surface area contributed by atoms with E-state index < -0.39 is 0 Å². The molecule has 1 atom stereocenters. The second kappa shape index (κ2) is 3.79. The van der Waals surface area contributed by atoms with E-state index in [4.69, 9.17) is 4.74 Å². The van der Waals surface area contributed by atoms with Crippen LogP contribution in [0.3, 0.4) is 0 Å². The quantitative estimate of drug-likeness (QED) is 0.692. The molecule has 0 aromatic carbocycles. The van der Waals surface area contributed by atoms with E-state index in [0.29, 0.717) is 5.88 Å². The molecule has 0 radical (unpaired) electrons. The molecule has 1 aromatic rings. The fourth-order valence-electron chi connectivity index (χ4n) is 1.41. The lowest BCUT2D eigenvalue weighted by Crippen LogP contribution is -2.22. The Morgan fingerprint density at radius 2 is 2.57 bits per heavy atom. The minimum absolute atomic E-state index is 0.0963. The van der Waals surface area contributed by atoms with E-state index in [1.54, 1.807) is 7.05 Å². The number of aryl methyl sites for hydroxylation is 1. The number of ether oxygens (including phenoxy) is 1. The van der Waals surface area contributed by atoms with E-state index in [1.165, 1.54) is 17.0 Å². The third kappa shape index (κ3) is 1.93. The summed E-state index contributed by atoms with van der Waals surface area (Å²) in [5, 5.41) is 3.18. The highest BCUT2D eigenvalue weighted by Crippen LogP contribution is 2.08. The van der Waals surface area contributed by atoms with Gasteiger partial charge in [0.1, 0.15) is 12.4 Å². The number of hydrogen-bond acceptors (Lipinski definition) is 4. The van der Waals surface area contributed by atoms with E-state index in [2.05, 4.69) is 10.3 Å². The Morgan fingerprint density at radius 1 is 1.71 bits per heavy atom. The predicted octanol–water partition coefficient (Wildman–Crippen LogP) is -0.479. The van der Waals surface area contributed by atoms with E-state index >= 15 is 0 Å². The van der Waals surface area contributed by atoms with Gasteiger partial charge in [0.2, 0.25) is 5.88 Å². The number of hydrogen-bond donors (Lipinski definition) is 1. The van der Waals surface area contributed by atoms with Crippen molar-refractivity contribution in [2.75, 3.05) is 13.1 Å². The summed E-state index contributed by atoms with van der Waals surface area (Å²) < 4.78 is 6.94. The third-order valence-electron chi connectivity index (χ3n) is 2.26. The number of rotatable bonds is 2. The van der Waals surface area contributed by atoms with Gasteiger partial charge >= 0.3 is 0 Å². The second-order valence-corrected chi connectivity index (χ2v) is 3.41. The molecule has 2 heterocycles. The lowest BCUT2D eigenvalue weighted by atomic mass is 10.3. The normalized spacial score (nSPS) is 21.1. The van der Waals surface area contributed by atoms with Crippen LogP contribution in [0, 0.1) is 0 Å². The molecule has 1 fully saturated rings. The summed E-state index contributed by atoms with van der Waals surface area (Å²) in [6.07, 6.45) is 2.59. The average Bonchev–Trinajstić information content (AvgIpc) is 2.64. The molecule has 1 saturated heterocycles. The summed E-state index contributed by atoms with van der Waals surface area (Å²) in [5.74, 6) is 0.418. The first-order valence-electron chi connectivity index (χ1n) is 4.66. The number of aromatic nitrogens is 2. The minimum Gasteiger partial charge on any atom is -0.473 e. The molecule has 5 nitrogen and oxygen atoms in total. The Labute approximate surface area is 81.7 Å². The predicted molar refractivity (Wildman–Crippen MR) is 51.4 cm³/mol. The van der Waals surface area contributed by atoms with Gasteiger partial charge in [-0.25, -0.2) is 4.98 Å². The summed E-state index contributed by atoms with van der Waals surface area (Å²) in [5.41, 5.74) is -0.0963. The van der Waals surface area contributed by atoms with Gasteiger partial charge in [-0.3, -0.25) is 4.79 Å². The first kappa shape index (κ1) is 9.21. The zero-order valence-corrected chi connectivity index (χ0v) is 8.06. The Hall–Kier alpha value is -1.36. The van der Waals surface area contributed by atoms with Crippen molar-refractivity contribution >= 4 is 0 Å². The highest BCUT2D eigenvalue weighted by Gasteiger charge is 2.16. The molecule has 0 aliphatic carbocycles. The maximum atomic E-state index is 11.2. The molecule has 5 heteroatoms. The van der Waals surface area contributed by atoms with E-state index in [1.807, 2.05) is 0 Å². The maximum absolute atomic E-state index is 11.2. The molecule has 0 amide bonds. The zero-order valence-electron chi connectivity index (χ0n) is 8.06. The van der Waals surface area contributed by atoms with Crippen LogP contribution in [0.5, 0.6) is 5.88 Å². The summed E-state index contributed by atoms with van der Waals surface area (Å²) >= 11 is 0. The molecular formula is C9H13N3O2. The van der Waals surface area contributed by atoms with Gasteiger partial charge in [-0.15, -0.1) is 0 Å². The van der Waals surface area contributed by atoms with Gasteiger partial charge in [0.15, 0.2) is 0 Å². The van der Waals surface area contributed by atoms with Crippen molar-refractivity contribution in [3.8, 4) is 5.88 Å². The minimum atomic E-state index is -0.0963. The maximum Gasteiger partial charge on any atom is 0.256 e. The van der Waals surface area contributed by atoms with Crippen LogP contribution in [-0.4, -0.2) is 28.7 Å². The molecule has 1 aliphatic heterocycles. The summed E-state index contributed by atoms with van der Waals surface area (Å²) in [7, 11) is 1.66. The lowest BCUT2D eigenvalue weighted by Gasteiger charge is -2.10. The fraction of sp³-hybridized carbons (Fsp3) is 0.556. The molecule has 0 spiro atoms. The van der Waals surface area contributed by atoms with Crippen molar-refractivity contribution in [2.45, 2.75) is 12.5 Å². The zero-order chi connectivity index (χ0) is 9.97. The highest BCUT2D eigenvalue weighted by atomic mass is 16.5. The van der Waals surface area contributed by atoms with Gasteiger partial charge in [0.05, 0.1) is 6.07 Å². The van der Waals surface area contributed by atoms with Crippen LogP contribution in [0.15, 0.2) is 17.2 Å². The van der Waals surface area contributed by atoms with E-state index in [-0.39, 0.29) is 11.7 Å². The van der Waals surface area contributed by atoms with Gasteiger partial charge in [0.25, 0.3) is 5.56 Å². The Morgan fingerprint density at radius 3 is 3.21 bits per heavy atom. The summed E-state index contributed by atoms with van der Waals surface area (Å²) in [4.78, 5) is 15.3. The van der Waals surface area contributed by atoms with Crippen LogP contribution in [0.2, 0.25) is 0 Å². The lowest BCUT2D eigenvalue weighted by molar-refractivity contribution is 0.213. The molecule has 1 unspecified atom stereocenters. The fourth-order valence-corrected chi connectivity index (χ4v) is 1.41. The Kier molecular flexibility index (Phi) is 2.49. The highest BCUT2D eigenvalue weighted by molar-refractivity contribution is 5.06. The second-order valence-electron chi connectivity index (χ2n) is 3.41. The SMILES string of the molecule is Cn1cnc(OC2CCNC2)cc1=O. The molecule has 1 aromatic heterocycles. The van der Waals surface area contributed by atoms with Crippen LogP contribution in [0.4, 0.5) is 0 Å². The molecule has 0 bridgehead atoms. The van der Waals surface area contributed by atoms with Crippen LogP contribution in [0.25, 0.3) is 0 Å². The summed E-state index contributed by atoms with van der Waals surface area (Å²) in [6, 6.07) is 1.42. The van der Waals surface area contributed by atoms with Gasteiger partial charge in [-0.1, -0.05) is 0 Å². The van der Waals surface area contributed by atoms with Crippen molar-refractivity contribution in [3.63, 3.8) is 0 Å². The molecule has 2 rings (SSSR count). The van der Waals surface area contributed by atoms with Gasteiger partial charge in [-0.05, 0) is 13.0 Å². The molecule has 76 valence electrons. The van der Waals surface area contributed by atoms with E-state index in [0.717, 1.165) is 19.5 Å². The van der Waals surface area contributed by atoms with Crippen LogP contribution >= 0.6 is 0 Å². The first-order valence-corrected chi connectivity index (χ1v) is 4.66. The van der Waals surface area contributed by atoms with Crippen molar-refractivity contribution in [2.24, 2.45) is 7.05 Å². The molecule has 1 N–H and O–H groups in total. The first-order chi connectivity index (χ1) is 6.75. The van der Waals surface area contributed by atoms with Crippen molar-refractivity contribution in [1.82, 2.24) is 14.9 Å². The topological polar surface area (TPSA) is 56.1 Å². The Bertz CT molecular complexity index is 369. The standard InChI is InChI=1S/C9H13N3O2/c1-12-6-11-8(4-9(12)13)14-7-2-3-10-5-7/h4,6-7,10H,2-3,5H2,1H3. The van der Waals surface area contributed by atoms with Crippen LogP contribution < -0.4 is 15.6 Å². The smallest absolute Gasteiger partial charge is 0.256 e. The summed E-state index contributed by atoms with van der Waals surface area (Å²) in [6.45, 7) is 1.80. The van der Waals surface area contributed by atoms with Crippen molar-refractivity contribution in [1.29, 1.82) is 0 Å². The molecule has 0 saturated carbocycles. The largest absolute Gasteiger partial charge is 0.473 e. The Balaban J connectivity index is 2.09. The molecular weight excluding hydrogens is 182 g/mol. The molecule has 14 heavy (non-hydrogen) atoms. The van der Waals surface area contributed by atoms with Gasteiger partial charge in [0, 0.05) is 13.6 Å². The molecule has 1 aliphatic rings. The average molecular weight is 195 g/mol. The van der Waals surface area contributed by atoms with Crippen molar-refractivity contribution < 1.29 is 4.74 Å². The van der Waals surface area contributed by atoms with Crippen LogP contribution in [0.1, 0.15) is 6.42 Å². The van der Waals surface area contributed by atoms with Crippen LogP contribution in [-0.2, 0) is 7.05 Å². The number of nitrogens with zero attached hydrogens (tertiary/aromatic N) is 2. The van der Waals surface area contributed by atoms with Gasteiger partial charge in [-0.2, -0.15) is 0 Å². The number of nitrogens with one attached hydrogen (secondary N) is 1.